The SMILES string of the molecule is COCC(C)NC(=O)N(C)CCOc1ccccc1. The molecule has 5 nitrogen and oxygen atoms in total. The highest BCUT2D eigenvalue weighted by Crippen LogP contribution is 2.07. The van der Waals surface area contributed by atoms with E-state index in [1.165, 1.54) is 0 Å². The van der Waals surface area contributed by atoms with Crippen LogP contribution in [0, 0.1) is 0 Å². The molecular weight excluding hydrogens is 244 g/mol. The molecule has 1 atom stereocenters. The normalized spacial score (nSPS) is 11.7. The molecule has 0 radical (unpaired) electrons. The maximum absolute atomic E-state index is 11.8. The van der Waals surface area contributed by atoms with Crippen LogP contribution in [0.15, 0.2) is 30.3 Å². The van der Waals surface area contributed by atoms with Crippen LogP contribution in [0.5, 0.6) is 5.75 Å². The average Bonchev–Trinajstić information content (AvgIpc) is 2.40. The van der Waals surface area contributed by atoms with Crippen LogP contribution >= 0.6 is 0 Å². The first-order valence-corrected chi connectivity index (χ1v) is 6.32. The number of methoxy groups -OCH3 is 1. The number of ether oxygens (including phenoxy) is 2. The molecule has 0 bridgehead atoms. The van der Waals surface area contributed by atoms with E-state index in [1.807, 2.05) is 37.3 Å². The quantitative estimate of drug-likeness (QED) is 0.818. The zero-order valence-electron chi connectivity index (χ0n) is 11.8. The van der Waals surface area contributed by atoms with Crippen molar-refractivity contribution in [2.24, 2.45) is 0 Å². The van der Waals surface area contributed by atoms with Crippen molar-refractivity contribution in [1.82, 2.24) is 10.2 Å². The minimum Gasteiger partial charge on any atom is -0.492 e. The van der Waals surface area contributed by atoms with Gasteiger partial charge in [0.15, 0.2) is 0 Å². The van der Waals surface area contributed by atoms with E-state index < -0.39 is 0 Å². The first kappa shape index (κ1) is 15.3. The Hall–Kier alpha value is -1.75. The molecule has 19 heavy (non-hydrogen) atoms. The van der Waals surface area contributed by atoms with Crippen LogP contribution in [-0.2, 0) is 4.74 Å². The predicted molar refractivity (Wildman–Crippen MR) is 74.4 cm³/mol. The lowest BCUT2D eigenvalue weighted by Gasteiger charge is -2.21. The molecule has 106 valence electrons. The van der Waals surface area contributed by atoms with Gasteiger partial charge in [0.2, 0.25) is 0 Å². The standard InChI is InChI=1S/C14H22N2O3/c1-12(11-18-3)15-14(17)16(2)9-10-19-13-7-5-4-6-8-13/h4-8,12H,9-11H2,1-3H3,(H,15,17). The lowest BCUT2D eigenvalue weighted by molar-refractivity contribution is 0.159. The van der Waals surface area contributed by atoms with Gasteiger partial charge < -0.3 is 19.7 Å². The molecule has 0 aliphatic carbocycles. The number of benzene rings is 1. The van der Waals surface area contributed by atoms with Gasteiger partial charge in [-0.3, -0.25) is 0 Å². The molecule has 1 N–H and O–H groups in total. The lowest BCUT2D eigenvalue weighted by atomic mass is 10.3. The van der Waals surface area contributed by atoms with Crippen molar-refractivity contribution >= 4 is 6.03 Å². The molecule has 0 saturated carbocycles. The Morgan fingerprint density at radius 3 is 2.68 bits per heavy atom. The Morgan fingerprint density at radius 2 is 2.05 bits per heavy atom. The van der Waals surface area contributed by atoms with E-state index in [-0.39, 0.29) is 12.1 Å². The summed E-state index contributed by atoms with van der Waals surface area (Å²) >= 11 is 0. The summed E-state index contributed by atoms with van der Waals surface area (Å²) in [5, 5.41) is 2.84. The maximum atomic E-state index is 11.8. The number of hydrogen-bond acceptors (Lipinski definition) is 3. The molecule has 1 rings (SSSR count). The van der Waals surface area contributed by atoms with Gasteiger partial charge in [0.05, 0.1) is 19.2 Å². The summed E-state index contributed by atoms with van der Waals surface area (Å²) in [6, 6.07) is 9.41. The summed E-state index contributed by atoms with van der Waals surface area (Å²) in [5.41, 5.74) is 0. The van der Waals surface area contributed by atoms with Crippen LogP contribution in [0.3, 0.4) is 0 Å². The Balaban J connectivity index is 2.23. The summed E-state index contributed by atoms with van der Waals surface area (Å²) in [5.74, 6) is 0.809. The van der Waals surface area contributed by atoms with Gasteiger partial charge in [-0.25, -0.2) is 4.79 Å². The highest BCUT2D eigenvalue weighted by molar-refractivity contribution is 5.74. The molecule has 0 aliphatic heterocycles. The van der Waals surface area contributed by atoms with Gasteiger partial charge in [0.1, 0.15) is 12.4 Å². The third-order valence-corrected chi connectivity index (χ3v) is 2.57. The molecule has 0 saturated heterocycles. The lowest BCUT2D eigenvalue weighted by Crippen LogP contribution is -2.44. The highest BCUT2D eigenvalue weighted by Gasteiger charge is 2.11. The third-order valence-electron chi connectivity index (χ3n) is 2.57. The predicted octanol–water partition coefficient (Wildman–Crippen LogP) is 1.74. The Labute approximate surface area is 114 Å². The molecule has 0 fully saturated rings. The van der Waals surface area contributed by atoms with Gasteiger partial charge in [-0.15, -0.1) is 0 Å². The molecule has 0 heterocycles. The van der Waals surface area contributed by atoms with Gasteiger partial charge in [-0.1, -0.05) is 18.2 Å². The first-order chi connectivity index (χ1) is 9.13. The van der Waals surface area contributed by atoms with E-state index in [0.717, 1.165) is 5.75 Å². The van der Waals surface area contributed by atoms with E-state index in [4.69, 9.17) is 9.47 Å². The number of hydrogen-bond donors (Lipinski definition) is 1. The van der Waals surface area contributed by atoms with Gasteiger partial charge in [-0.2, -0.15) is 0 Å². The number of carbonyl (C=O) groups is 1. The molecular formula is C14H22N2O3. The summed E-state index contributed by atoms with van der Waals surface area (Å²) in [4.78, 5) is 13.4. The number of urea groups is 1. The van der Waals surface area contributed by atoms with Crippen molar-refractivity contribution in [2.75, 3.05) is 33.9 Å². The van der Waals surface area contributed by atoms with Gasteiger partial charge in [0.25, 0.3) is 0 Å². The zero-order chi connectivity index (χ0) is 14.1. The molecule has 0 aliphatic rings. The number of carbonyl (C=O) groups excluding carboxylic acids is 1. The first-order valence-electron chi connectivity index (χ1n) is 6.32. The maximum Gasteiger partial charge on any atom is 0.317 e. The minimum absolute atomic E-state index is 0.00464. The monoisotopic (exact) mass is 266 g/mol. The molecule has 5 heteroatoms. The number of likely N-dealkylation sites (N-methyl/N-ethyl adjacent to an activating group) is 1. The summed E-state index contributed by atoms with van der Waals surface area (Å²) in [6.45, 7) is 3.39. The van der Waals surface area contributed by atoms with Crippen LogP contribution in [0.4, 0.5) is 4.79 Å². The van der Waals surface area contributed by atoms with Gasteiger partial charge in [0, 0.05) is 14.2 Å². The topological polar surface area (TPSA) is 50.8 Å². The molecule has 1 aromatic rings. The number of rotatable bonds is 7. The fourth-order valence-electron chi connectivity index (χ4n) is 1.53. The molecule has 0 spiro atoms. The van der Waals surface area contributed by atoms with Crippen LogP contribution < -0.4 is 10.1 Å². The van der Waals surface area contributed by atoms with Crippen LogP contribution in [-0.4, -0.2) is 50.9 Å². The number of para-hydroxylation sites is 1. The Bertz CT molecular complexity index is 370. The second-order valence-corrected chi connectivity index (χ2v) is 4.39. The number of nitrogens with zero attached hydrogens (tertiary/aromatic N) is 1. The Kier molecular flexibility index (Phi) is 6.74. The smallest absolute Gasteiger partial charge is 0.317 e. The van der Waals surface area contributed by atoms with E-state index in [9.17, 15) is 4.79 Å². The summed E-state index contributed by atoms with van der Waals surface area (Å²) in [6.07, 6.45) is 0. The number of amides is 2. The zero-order valence-corrected chi connectivity index (χ0v) is 11.8. The van der Waals surface area contributed by atoms with E-state index in [1.54, 1.807) is 19.1 Å². The largest absolute Gasteiger partial charge is 0.492 e. The van der Waals surface area contributed by atoms with Crippen molar-refractivity contribution in [3.63, 3.8) is 0 Å². The van der Waals surface area contributed by atoms with Crippen LogP contribution in [0.1, 0.15) is 6.92 Å². The molecule has 2 amide bonds. The second kappa shape index (κ2) is 8.37. The van der Waals surface area contributed by atoms with Gasteiger partial charge in [-0.05, 0) is 19.1 Å². The second-order valence-electron chi connectivity index (χ2n) is 4.39. The van der Waals surface area contributed by atoms with Crippen LogP contribution in [0.2, 0.25) is 0 Å². The van der Waals surface area contributed by atoms with Crippen molar-refractivity contribution < 1.29 is 14.3 Å². The highest BCUT2D eigenvalue weighted by atomic mass is 16.5. The van der Waals surface area contributed by atoms with E-state index >= 15 is 0 Å². The Morgan fingerprint density at radius 1 is 1.37 bits per heavy atom. The minimum atomic E-state index is -0.124. The van der Waals surface area contributed by atoms with E-state index in [0.29, 0.717) is 19.8 Å². The van der Waals surface area contributed by atoms with Crippen molar-refractivity contribution in [1.29, 1.82) is 0 Å². The third kappa shape index (κ3) is 6.10. The molecule has 0 aromatic heterocycles. The van der Waals surface area contributed by atoms with Gasteiger partial charge >= 0.3 is 6.03 Å². The van der Waals surface area contributed by atoms with Crippen molar-refractivity contribution in [3.05, 3.63) is 30.3 Å². The molecule has 1 aromatic carbocycles. The average molecular weight is 266 g/mol. The fourth-order valence-corrected chi connectivity index (χ4v) is 1.53. The van der Waals surface area contributed by atoms with Crippen molar-refractivity contribution in [3.8, 4) is 5.75 Å². The van der Waals surface area contributed by atoms with E-state index in [2.05, 4.69) is 5.32 Å². The molecule has 1 unspecified atom stereocenters. The number of nitrogens with one attached hydrogen (secondary N) is 1. The fraction of sp³-hybridized carbons (Fsp3) is 0.500. The summed E-state index contributed by atoms with van der Waals surface area (Å²) < 4.78 is 10.5. The summed E-state index contributed by atoms with van der Waals surface area (Å²) in [7, 11) is 3.35. The van der Waals surface area contributed by atoms with Crippen molar-refractivity contribution in [2.45, 2.75) is 13.0 Å². The van der Waals surface area contributed by atoms with Crippen LogP contribution in [0.25, 0.3) is 0 Å².